The third kappa shape index (κ3) is 13.4. The number of hydrogen-bond acceptors (Lipinski definition) is 11. The van der Waals surface area contributed by atoms with Crippen LogP contribution in [0.25, 0.3) is 11.1 Å². The Kier molecular flexibility index (Phi) is 15.9. The Morgan fingerprint density at radius 3 is 1.58 bits per heavy atom. The smallest absolute Gasteiger partial charge is 0.326 e. The maximum absolute atomic E-state index is 14.6. The number of nitrogens with one attached hydrogen (secondary N) is 5. The molecule has 7 rings (SSSR count). The Bertz CT molecular complexity index is 2480. The van der Waals surface area contributed by atoms with Crippen LogP contribution in [0.2, 0.25) is 0 Å². The Hall–Kier alpha value is -7.66. The summed E-state index contributed by atoms with van der Waals surface area (Å²) in [5, 5.41) is 25.1. The summed E-state index contributed by atoms with van der Waals surface area (Å²) in [5.41, 5.74) is 3.65. The molecule has 16 nitrogen and oxygen atoms in total. The summed E-state index contributed by atoms with van der Waals surface area (Å²) in [4.78, 5) is 109. The minimum atomic E-state index is -2.10. The minimum absolute atomic E-state index is 0.0519. The fraction of sp³-hybridized carbons (Fsp3) is 0.250. The lowest BCUT2D eigenvalue weighted by molar-refractivity contribution is -0.173. The molecule has 0 saturated heterocycles. The van der Waals surface area contributed by atoms with Crippen LogP contribution in [0, 0.1) is 0 Å². The quantitative estimate of drug-likeness (QED) is 0.0877. The lowest BCUT2D eigenvalue weighted by Gasteiger charge is -2.28. The average Bonchev–Trinajstić information content (AvgIpc) is 3.81. The van der Waals surface area contributed by atoms with E-state index in [1.54, 1.807) is 60.0 Å². The SMILES string of the molecule is CC(=O)OC1C(=O)N[C@H](Cc2cccs2)C(=O)N[C@@H](Cc2ccc(-c3ccccc3)cc2)C(=O)N[C@H](Cc2ccccc2)C(=O)N[C@H](C(=O)O)Cc2ccc(cc2)NC(=O)[C@@H]1OC(C)=O. The Morgan fingerprint density at radius 2 is 1.05 bits per heavy atom. The second-order valence-corrected chi connectivity index (χ2v) is 16.3. The number of rotatable bonds is 10. The highest BCUT2D eigenvalue weighted by Crippen LogP contribution is 2.21. The lowest BCUT2D eigenvalue weighted by Crippen LogP contribution is -2.60. The van der Waals surface area contributed by atoms with Gasteiger partial charge in [-0.3, -0.25) is 33.6 Å². The number of aliphatic carboxylic acids is 1. The van der Waals surface area contributed by atoms with Crippen LogP contribution < -0.4 is 26.6 Å². The molecule has 0 fully saturated rings. The van der Waals surface area contributed by atoms with Crippen LogP contribution >= 0.6 is 11.3 Å². The van der Waals surface area contributed by atoms with Gasteiger partial charge in [-0.1, -0.05) is 103 Å². The minimum Gasteiger partial charge on any atom is -0.480 e. The van der Waals surface area contributed by atoms with Crippen molar-refractivity contribution in [1.82, 2.24) is 21.3 Å². The van der Waals surface area contributed by atoms with Crippen molar-refractivity contribution in [1.29, 1.82) is 0 Å². The second-order valence-electron chi connectivity index (χ2n) is 15.3. The normalized spacial score (nSPS) is 21.0. The van der Waals surface area contributed by atoms with E-state index in [2.05, 4.69) is 26.6 Å². The van der Waals surface area contributed by atoms with Gasteiger partial charge in [0.15, 0.2) is 0 Å². The maximum Gasteiger partial charge on any atom is 0.326 e. The number of benzene rings is 4. The molecule has 4 aromatic carbocycles. The van der Waals surface area contributed by atoms with Gasteiger partial charge in [-0.2, -0.15) is 0 Å². The molecule has 0 radical (unpaired) electrons. The number of ether oxygens (including phenoxy) is 2. The maximum atomic E-state index is 14.6. The largest absolute Gasteiger partial charge is 0.480 e. The predicted molar refractivity (Wildman–Crippen MR) is 239 cm³/mol. The fourth-order valence-electron chi connectivity index (χ4n) is 7.11. The van der Waals surface area contributed by atoms with Crippen LogP contribution in [0.3, 0.4) is 0 Å². The molecule has 0 aliphatic carbocycles. The van der Waals surface area contributed by atoms with Crippen molar-refractivity contribution in [2.75, 3.05) is 5.32 Å². The van der Waals surface area contributed by atoms with E-state index in [1.165, 1.54) is 35.6 Å². The summed E-state index contributed by atoms with van der Waals surface area (Å²) in [7, 11) is 0. The zero-order valence-corrected chi connectivity index (χ0v) is 36.2. The van der Waals surface area contributed by atoms with E-state index in [1.807, 2.05) is 42.5 Å². The molecule has 1 unspecified atom stereocenters. The number of carbonyl (C=O) groups excluding carboxylic acids is 7. The first kappa shape index (κ1) is 46.8. The van der Waals surface area contributed by atoms with Gasteiger partial charge in [0.2, 0.25) is 29.9 Å². The number of thiophene rings is 1. The summed E-state index contributed by atoms with van der Waals surface area (Å²) >= 11 is 1.27. The van der Waals surface area contributed by atoms with Crippen molar-refractivity contribution >= 4 is 64.5 Å². The number of carbonyl (C=O) groups is 8. The Labute approximate surface area is 378 Å². The van der Waals surface area contributed by atoms with E-state index in [0.717, 1.165) is 25.0 Å². The van der Waals surface area contributed by atoms with Crippen LogP contribution in [0.1, 0.15) is 35.4 Å². The Morgan fingerprint density at radius 1 is 0.554 bits per heavy atom. The van der Waals surface area contributed by atoms with Crippen LogP contribution in [0.15, 0.2) is 127 Å². The summed E-state index contributed by atoms with van der Waals surface area (Å²) in [5.74, 6) is -8.10. The lowest BCUT2D eigenvalue weighted by atomic mass is 9.99. The monoisotopic (exact) mass is 901 g/mol. The zero-order valence-electron chi connectivity index (χ0n) is 35.4. The van der Waals surface area contributed by atoms with E-state index in [0.29, 0.717) is 21.6 Å². The third-order valence-corrected chi connectivity index (χ3v) is 11.2. The summed E-state index contributed by atoms with van der Waals surface area (Å²) in [6.45, 7) is 1.97. The van der Waals surface area contributed by atoms with E-state index in [9.17, 15) is 43.5 Å². The Balaban J connectivity index is 1.42. The van der Waals surface area contributed by atoms with Crippen molar-refractivity contribution in [3.8, 4) is 11.1 Å². The number of carboxylic acid groups (broad SMARTS) is 1. The summed E-state index contributed by atoms with van der Waals surface area (Å²) < 4.78 is 10.6. The van der Waals surface area contributed by atoms with Gasteiger partial charge in [0.1, 0.15) is 24.2 Å². The first-order chi connectivity index (χ1) is 31.2. The van der Waals surface area contributed by atoms with Gasteiger partial charge in [-0.15, -0.1) is 11.3 Å². The number of anilines is 1. The fourth-order valence-corrected chi connectivity index (χ4v) is 7.87. The molecule has 2 bridgehead atoms. The number of esters is 2. The molecule has 6 N–H and O–H groups in total. The molecule has 3 heterocycles. The van der Waals surface area contributed by atoms with Gasteiger partial charge in [-0.25, -0.2) is 4.79 Å². The van der Waals surface area contributed by atoms with E-state index >= 15 is 0 Å². The van der Waals surface area contributed by atoms with Crippen molar-refractivity contribution in [3.63, 3.8) is 0 Å². The summed E-state index contributed by atoms with van der Waals surface area (Å²) in [6.07, 6.45) is -4.66. The predicted octanol–water partition coefficient (Wildman–Crippen LogP) is 3.53. The third-order valence-electron chi connectivity index (χ3n) is 10.3. The number of amides is 5. The van der Waals surface area contributed by atoms with Gasteiger partial charge in [0, 0.05) is 50.1 Å². The van der Waals surface area contributed by atoms with Gasteiger partial charge in [-0.05, 0) is 51.4 Å². The molecule has 2 aliphatic rings. The average molecular weight is 902 g/mol. The zero-order chi connectivity index (χ0) is 46.5. The molecule has 336 valence electrons. The highest BCUT2D eigenvalue weighted by Gasteiger charge is 2.41. The van der Waals surface area contributed by atoms with Crippen molar-refractivity contribution in [2.24, 2.45) is 0 Å². The highest BCUT2D eigenvalue weighted by molar-refractivity contribution is 7.09. The molecule has 65 heavy (non-hydrogen) atoms. The molecule has 5 amide bonds. The van der Waals surface area contributed by atoms with Crippen LogP contribution in [0.5, 0.6) is 0 Å². The van der Waals surface area contributed by atoms with E-state index < -0.39 is 83.8 Å². The molecule has 2 aliphatic heterocycles. The highest BCUT2D eigenvalue weighted by atomic mass is 32.1. The molecule has 17 heteroatoms. The molecule has 0 saturated carbocycles. The number of fused-ring (bicyclic) bond motifs is 18. The first-order valence-corrected chi connectivity index (χ1v) is 21.5. The van der Waals surface area contributed by atoms with Crippen molar-refractivity contribution in [2.45, 2.75) is 75.9 Å². The van der Waals surface area contributed by atoms with Crippen LogP contribution in [-0.2, 0) is 73.5 Å². The van der Waals surface area contributed by atoms with Gasteiger partial charge < -0.3 is 41.2 Å². The van der Waals surface area contributed by atoms with Crippen molar-refractivity contribution in [3.05, 3.63) is 148 Å². The topological polar surface area (TPSA) is 235 Å². The van der Waals surface area contributed by atoms with Crippen LogP contribution in [-0.4, -0.2) is 88.9 Å². The van der Waals surface area contributed by atoms with Gasteiger partial charge in [0.05, 0.1) is 0 Å². The second kappa shape index (κ2) is 22.1. The molecular formula is C48H47N5O11S. The molecule has 1 aromatic heterocycles. The molecular weight excluding hydrogens is 855 g/mol. The summed E-state index contributed by atoms with van der Waals surface area (Å²) in [6, 6.07) is 29.2. The van der Waals surface area contributed by atoms with Crippen LogP contribution in [0.4, 0.5) is 5.69 Å². The first-order valence-electron chi connectivity index (χ1n) is 20.6. The molecule has 5 aromatic rings. The van der Waals surface area contributed by atoms with E-state index in [4.69, 9.17) is 9.47 Å². The number of hydrogen-bond donors (Lipinski definition) is 6. The van der Waals surface area contributed by atoms with Crippen molar-refractivity contribution < 1.29 is 52.9 Å². The molecule has 6 atom stereocenters. The van der Waals surface area contributed by atoms with Gasteiger partial charge in [0.25, 0.3) is 11.8 Å². The standard InChI is InChI=1S/C48H47N5O11S/c1-28(54)63-41-42(64-29(2)55)47(60)52-39(27-36-14-9-23-65-36)45(58)51-38(25-31-15-19-34(20-16-31)33-12-7-4-8-13-33)43(56)50-37(24-30-10-5-3-6-11-30)44(57)53-40(48(61)62)26-32-17-21-35(22-18-32)49-46(41)59/h3-23,37-42H,24-27H2,1-2H3,(H,49,59)(H,50,56)(H,51,58)(H,52,60)(H,53,57)(H,61,62)/t37-,38+,39-,40+,41-,42?/m1/s1. The number of carboxylic acids is 1. The van der Waals surface area contributed by atoms with Gasteiger partial charge >= 0.3 is 17.9 Å². The van der Waals surface area contributed by atoms with E-state index in [-0.39, 0.29) is 31.4 Å². The molecule has 0 spiro atoms.